The summed E-state index contributed by atoms with van der Waals surface area (Å²) in [5.74, 6) is 5.50. The third-order valence-corrected chi connectivity index (χ3v) is 24.5. The van der Waals surface area contributed by atoms with E-state index in [9.17, 15) is 0 Å². The molecule has 6 nitrogen and oxygen atoms in total. The maximum absolute atomic E-state index is 2.65. The molecule has 1 saturated carbocycles. The van der Waals surface area contributed by atoms with Crippen LogP contribution in [0.5, 0.6) is 0 Å². The summed E-state index contributed by atoms with van der Waals surface area (Å²) in [6, 6.07) is 9.00. The summed E-state index contributed by atoms with van der Waals surface area (Å²) in [7, 11) is 0. The molecule has 1 aromatic carbocycles. The fraction of sp³-hybridized carbons (Fsp3) is 0.935. The van der Waals surface area contributed by atoms with Crippen LogP contribution in [0, 0.1) is 68.0 Å². The summed E-state index contributed by atoms with van der Waals surface area (Å²) < 4.78 is 0. The van der Waals surface area contributed by atoms with Gasteiger partial charge in [0.25, 0.3) is 0 Å². The Labute approximate surface area is 619 Å². The molecule has 0 N–H and O–H groups in total. The molecule has 582 valence electrons. The average Bonchev–Trinajstić information content (AvgIpc) is 0.875. The molecule has 1 aromatic rings. The lowest BCUT2D eigenvalue weighted by Gasteiger charge is -2.46. The normalized spacial score (nSPS) is 23.5. The average molecular weight is 1370 g/mol. The van der Waals surface area contributed by atoms with E-state index in [0.717, 1.165) is 35.5 Å². The highest BCUT2D eigenvalue weighted by atomic mass is 15.3. The predicted octanol–water partition coefficient (Wildman–Crippen LogP) is 25.5. The van der Waals surface area contributed by atoms with Crippen molar-refractivity contribution in [3.05, 3.63) is 35.4 Å². The van der Waals surface area contributed by atoms with Gasteiger partial charge in [0.2, 0.25) is 0 Å². The second kappa shape index (κ2) is 37.0. The van der Waals surface area contributed by atoms with Crippen LogP contribution in [-0.2, 0) is 10.8 Å². The molecule has 6 aliphatic rings. The zero-order valence-electron chi connectivity index (χ0n) is 75.4. The van der Waals surface area contributed by atoms with Gasteiger partial charge in [0, 0.05) is 72.5 Å². The first-order chi connectivity index (χ1) is 43.5. The first-order valence-electron chi connectivity index (χ1n) is 41.1. The highest BCUT2D eigenvalue weighted by molar-refractivity contribution is 5.31. The lowest BCUT2D eigenvalue weighted by Crippen LogP contribution is -2.57. The molecule has 2 unspecified atom stereocenters. The minimum absolute atomic E-state index is 0.260. The standard InChI is InChI=1S/C14H28.C14H22.4C13H27N.C12H26N2/c2*1-13(2,3)11-7-9-12(10-8-11)14(4,5)6;2*1-12(2,3)11-7-9-14(10-8-11)13(4,5)6;2*1-12(2,3)11-8-7-9-14(10-11)13(4,5)6;1-11(2,3)13-7-9-14(10-8-13)12(4,5)6/h11-12H,7-10H2,1-6H3;7-10H,1-6H3;4*11H,7-10H2,1-6H3;7-10H2,1-6H3. The van der Waals surface area contributed by atoms with Gasteiger partial charge in [-0.05, 0) is 331 Å². The quantitative estimate of drug-likeness (QED) is 0.256. The summed E-state index contributed by atoms with van der Waals surface area (Å²) in [6.45, 7) is 113. The minimum atomic E-state index is 0.260. The second-order valence-electron chi connectivity index (χ2n) is 46.9. The highest BCUT2D eigenvalue weighted by Gasteiger charge is 2.39. The fourth-order valence-corrected chi connectivity index (χ4v) is 15.8. The van der Waals surface area contributed by atoms with Crippen molar-refractivity contribution < 1.29 is 0 Å². The summed E-state index contributed by atoms with van der Waals surface area (Å²) in [5, 5.41) is 0. The van der Waals surface area contributed by atoms with E-state index in [1.807, 2.05) is 0 Å². The summed E-state index contributed by atoms with van der Waals surface area (Å²) >= 11 is 0. The van der Waals surface area contributed by atoms with Crippen molar-refractivity contribution in [2.75, 3.05) is 78.5 Å². The molecule has 0 spiro atoms. The number of hydrogen-bond donors (Lipinski definition) is 0. The van der Waals surface area contributed by atoms with E-state index in [4.69, 9.17) is 0 Å². The first kappa shape index (κ1) is 95.0. The number of piperazine rings is 1. The molecular weight excluding hydrogens is 1190 g/mol. The van der Waals surface area contributed by atoms with Crippen LogP contribution in [0.1, 0.15) is 379 Å². The van der Waals surface area contributed by atoms with Crippen LogP contribution < -0.4 is 0 Å². The zero-order valence-corrected chi connectivity index (χ0v) is 75.4. The molecule has 7 rings (SSSR count). The fourth-order valence-electron chi connectivity index (χ4n) is 15.8. The van der Waals surface area contributed by atoms with E-state index < -0.39 is 0 Å². The van der Waals surface area contributed by atoms with Crippen molar-refractivity contribution in [3.63, 3.8) is 0 Å². The molecule has 1 aliphatic carbocycles. The maximum atomic E-state index is 2.65. The summed E-state index contributed by atoms with van der Waals surface area (Å²) in [4.78, 5) is 15.7. The van der Waals surface area contributed by atoms with Crippen molar-refractivity contribution in [2.45, 2.75) is 412 Å². The Balaban J connectivity index is 0.000000572. The van der Waals surface area contributed by atoms with Crippen molar-refractivity contribution in [3.8, 4) is 0 Å². The van der Waals surface area contributed by atoms with Crippen LogP contribution in [0.3, 0.4) is 0 Å². The molecular formula is C92H184N6. The Morgan fingerprint density at radius 1 is 0.194 bits per heavy atom. The Kier molecular flexibility index (Phi) is 35.9. The summed E-state index contributed by atoms with van der Waals surface area (Å²) in [5.41, 5.74) is 8.46. The van der Waals surface area contributed by atoms with Crippen LogP contribution >= 0.6 is 0 Å². The maximum Gasteiger partial charge on any atom is 0.0126 e. The van der Waals surface area contributed by atoms with Crippen LogP contribution in [0.25, 0.3) is 0 Å². The van der Waals surface area contributed by atoms with Gasteiger partial charge in [-0.2, -0.15) is 0 Å². The Morgan fingerprint density at radius 3 is 0.531 bits per heavy atom. The lowest BCUT2D eigenvalue weighted by molar-refractivity contribution is 0.0211. The SMILES string of the molecule is CC(C)(C)C1CCC(C(C)(C)C)CC1.CC(C)(C)C1CCCN(C(C)(C)C)C1.CC(C)(C)C1CCCN(C(C)(C)C)C1.CC(C)(C)C1CCN(C(C)(C)C)CC1.CC(C)(C)C1CCN(C(C)(C)C)CC1.CC(C)(C)N1CCN(C(C)(C)C)CC1.CC(C)(C)c1ccc(C(C)(C)C)cc1. The molecule has 0 aromatic heterocycles. The van der Waals surface area contributed by atoms with E-state index in [1.54, 1.807) is 0 Å². The zero-order chi connectivity index (χ0) is 76.9. The van der Waals surface area contributed by atoms with Crippen LogP contribution in [0.4, 0.5) is 0 Å². The van der Waals surface area contributed by atoms with Gasteiger partial charge in [-0.25, -0.2) is 0 Å². The van der Waals surface area contributed by atoms with Gasteiger partial charge in [0.15, 0.2) is 0 Å². The van der Waals surface area contributed by atoms with Gasteiger partial charge < -0.3 is 0 Å². The molecule has 5 saturated heterocycles. The van der Waals surface area contributed by atoms with Crippen molar-refractivity contribution >= 4 is 0 Å². The molecule has 0 bridgehead atoms. The van der Waals surface area contributed by atoms with E-state index in [1.165, 1.54) is 167 Å². The smallest absolute Gasteiger partial charge is 0.0126 e. The molecule has 6 heteroatoms. The number of piperidine rings is 4. The number of rotatable bonds is 0. The van der Waals surface area contributed by atoms with E-state index >= 15 is 0 Å². The van der Waals surface area contributed by atoms with Crippen molar-refractivity contribution in [1.82, 2.24) is 29.4 Å². The van der Waals surface area contributed by atoms with Gasteiger partial charge in [0.1, 0.15) is 0 Å². The van der Waals surface area contributed by atoms with E-state index in [0.29, 0.717) is 65.7 Å². The second-order valence-corrected chi connectivity index (χ2v) is 46.9. The van der Waals surface area contributed by atoms with Crippen LogP contribution in [-0.4, -0.2) is 141 Å². The third-order valence-electron chi connectivity index (χ3n) is 24.5. The van der Waals surface area contributed by atoms with Crippen LogP contribution in [0.2, 0.25) is 0 Å². The van der Waals surface area contributed by atoms with Crippen molar-refractivity contribution in [2.24, 2.45) is 68.0 Å². The molecule has 5 heterocycles. The highest BCUT2D eigenvalue weighted by Crippen LogP contribution is 2.46. The predicted molar refractivity (Wildman–Crippen MR) is 445 cm³/mol. The Hall–Kier alpha value is -1.02. The van der Waals surface area contributed by atoms with E-state index in [2.05, 4.69) is 344 Å². The number of benzene rings is 1. The Bertz CT molecular complexity index is 1900. The molecule has 6 fully saturated rings. The number of hydrogen-bond acceptors (Lipinski definition) is 6. The topological polar surface area (TPSA) is 19.4 Å². The van der Waals surface area contributed by atoms with Gasteiger partial charge in [-0.3, -0.25) is 29.4 Å². The molecule has 0 amide bonds. The van der Waals surface area contributed by atoms with Gasteiger partial charge in [-0.15, -0.1) is 0 Å². The largest absolute Gasteiger partial charge is 0.298 e. The van der Waals surface area contributed by atoms with Gasteiger partial charge >= 0.3 is 0 Å². The molecule has 5 aliphatic heterocycles. The minimum Gasteiger partial charge on any atom is -0.298 e. The number of likely N-dealkylation sites (tertiary alicyclic amines) is 4. The Morgan fingerprint density at radius 2 is 0.367 bits per heavy atom. The van der Waals surface area contributed by atoms with Crippen LogP contribution in [0.15, 0.2) is 24.3 Å². The lowest BCUT2D eigenvalue weighted by atomic mass is 9.64. The van der Waals surface area contributed by atoms with Gasteiger partial charge in [0.05, 0.1) is 0 Å². The van der Waals surface area contributed by atoms with E-state index in [-0.39, 0.29) is 10.8 Å². The van der Waals surface area contributed by atoms with Gasteiger partial charge in [-0.1, -0.05) is 190 Å². The molecule has 98 heavy (non-hydrogen) atoms. The summed E-state index contributed by atoms with van der Waals surface area (Å²) in [6.07, 6.45) is 16.9. The first-order valence-corrected chi connectivity index (χ1v) is 41.1. The third kappa shape index (κ3) is 35.8. The molecule has 2 atom stereocenters. The monoisotopic (exact) mass is 1370 g/mol. The number of nitrogens with zero attached hydrogens (tertiary/aromatic N) is 6. The van der Waals surface area contributed by atoms with Crippen molar-refractivity contribution in [1.29, 1.82) is 0 Å². The molecule has 0 radical (unpaired) electrons.